The number of halogens is 2. The minimum atomic E-state index is -4.40. The summed E-state index contributed by atoms with van der Waals surface area (Å²) in [6.45, 7) is 4.56. The third-order valence-corrected chi connectivity index (χ3v) is 4.72. The van der Waals surface area contributed by atoms with E-state index in [1.54, 1.807) is 13.8 Å². The zero-order valence-electron chi connectivity index (χ0n) is 11.9. The SMILES string of the molecule is CC[C@H](C)[C@H](NS(=O)(=O)c1cc(C)c(F)cc1F)C(=O)O. The second kappa shape index (κ2) is 6.48. The van der Waals surface area contributed by atoms with Gasteiger partial charge in [-0.2, -0.15) is 4.72 Å². The van der Waals surface area contributed by atoms with Crippen LogP contribution < -0.4 is 4.72 Å². The van der Waals surface area contributed by atoms with Crippen molar-refractivity contribution in [1.82, 2.24) is 4.72 Å². The van der Waals surface area contributed by atoms with Crippen LogP contribution in [0.15, 0.2) is 17.0 Å². The number of sulfonamides is 1. The lowest BCUT2D eigenvalue weighted by Gasteiger charge is -2.20. The highest BCUT2D eigenvalue weighted by atomic mass is 32.2. The zero-order chi connectivity index (χ0) is 16.4. The average Bonchev–Trinajstić information content (AvgIpc) is 2.38. The Balaban J connectivity index is 3.23. The Hall–Kier alpha value is -1.54. The molecule has 0 bridgehead atoms. The van der Waals surface area contributed by atoms with Crippen molar-refractivity contribution < 1.29 is 27.1 Å². The van der Waals surface area contributed by atoms with Gasteiger partial charge in [-0.05, 0) is 24.5 Å². The van der Waals surface area contributed by atoms with Gasteiger partial charge < -0.3 is 5.11 Å². The maximum atomic E-state index is 13.7. The normalized spacial score (nSPS) is 14.7. The molecule has 1 aromatic rings. The van der Waals surface area contributed by atoms with Gasteiger partial charge in [-0.1, -0.05) is 20.3 Å². The van der Waals surface area contributed by atoms with Crippen LogP contribution in [0.5, 0.6) is 0 Å². The van der Waals surface area contributed by atoms with Crippen LogP contribution in [0.1, 0.15) is 25.8 Å². The Morgan fingerprint density at radius 1 is 1.33 bits per heavy atom. The highest BCUT2D eigenvalue weighted by molar-refractivity contribution is 7.89. The summed E-state index contributed by atoms with van der Waals surface area (Å²) < 4.78 is 53.0. The van der Waals surface area contributed by atoms with Gasteiger partial charge in [0.05, 0.1) is 0 Å². The molecule has 0 aliphatic carbocycles. The van der Waals surface area contributed by atoms with E-state index in [1.807, 2.05) is 4.72 Å². The lowest BCUT2D eigenvalue weighted by molar-refractivity contribution is -0.140. The molecule has 0 spiro atoms. The van der Waals surface area contributed by atoms with E-state index in [0.717, 1.165) is 6.07 Å². The summed E-state index contributed by atoms with van der Waals surface area (Å²) in [5, 5.41) is 9.07. The number of carboxylic acids is 1. The first-order valence-electron chi connectivity index (χ1n) is 6.31. The minimum absolute atomic E-state index is 0.0489. The first-order chi connectivity index (χ1) is 9.60. The van der Waals surface area contributed by atoms with E-state index in [9.17, 15) is 22.0 Å². The van der Waals surface area contributed by atoms with Crippen molar-refractivity contribution in [2.24, 2.45) is 5.92 Å². The standard InChI is InChI=1S/C13H17F2NO4S/c1-4-7(2)12(13(17)18)16-21(19,20)11-5-8(3)9(14)6-10(11)15/h5-7,12,16H,4H2,1-3H3,(H,17,18)/t7-,12-/m0/s1. The molecule has 1 rings (SSSR count). The van der Waals surface area contributed by atoms with E-state index in [1.165, 1.54) is 6.92 Å². The van der Waals surface area contributed by atoms with Crippen LogP contribution >= 0.6 is 0 Å². The van der Waals surface area contributed by atoms with Crippen molar-refractivity contribution in [2.75, 3.05) is 0 Å². The van der Waals surface area contributed by atoms with Crippen molar-refractivity contribution >= 4 is 16.0 Å². The summed E-state index contributed by atoms with van der Waals surface area (Å²) in [4.78, 5) is 10.4. The number of carboxylic acid groups (broad SMARTS) is 1. The molecule has 0 saturated carbocycles. The Bertz CT molecular complexity index is 646. The largest absolute Gasteiger partial charge is 0.480 e. The lowest BCUT2D eigenvalue weighted by atomic mass is 10.0. The molecule has 0 fully saturated rings. The van der Waals surface area contributed by atoms with Crippen molar-refractivity contribution in [2.45, 2.75) is 38.1 Å². The van der Waals surface area contributed by atoms with Crippen molar-refractivity contribution in [1.29, 1.82) is 0 Å². The highest BCUT2D eigenvalue weighted by Crippen LogP contribution is 2.20. The average molecular weight is 321 g/mol. The molecule has 21 heavy (non-hydrogen) atoms. The van der Waals surface area contributed by atoms with Crippen molar-refractivity contribution in [3.63, 3.8) is 0 Å². The van der Waals surface area contributed by atoms with Crippen LogP contribution in [0.3, 0.4) is 0 Å². The second-order valence-corrected chi connectivity index (χ2v) is 6.54. The van der Waals surface area contributed by atoms with Crippen LogP contribution in [0.2, 0.25) is 0 Å². The van der Waals surface area contributed by atoms with Crippen LogP contribution in [0.25, 0.3) is 0 Å². The van der Waals surface area contributed by atoms with Gasteiger partial charge >= 0.3 is 5.97 Å². The molecule has 0 amide bonds. The fraction of sp³-hybridized carbons (Fsp3) is 0.462. The first kappa shape index (κ1) is 17.5. The summed E-state index contributed by atoms with van der Waals surface area (Å²) in [5.74, 6) is -3.98. The first-order valence-corrected chi connectivity index (χ1v) is 7.79. The Morgan fingerprint density at radius 3 is 2.38 bits per heavy atom. The molecule has 5 nitrogen and oxygen atoms in total. The molecule has 0 heterocycles. The number of benzene rings is 1. The van der Waals surface area contributed by atoms with Gasteiger partial charge in [0.15, 0.2) is 0 Å². The van der Waals surface area contributed by atoms with Gasteiger partial charge in [0.2, 0.25) is 10.0 Å². The molecule has 0 aliphatic rings. The van der Waals surface area contributed by atoms with E-state index < -0.39 is 44.5 Å². The Morgan fingerprint density at radius 2 is 1.90 bits per heavy atom. The summed E-state index contributed by atoms with van der Waals surface area (Å²) >= 11 is 0. The predicted molar refractivity (Wildman–Crippen MR) is 72.3 cm³/mol. The molecule has 0 saturated heterocycles. The van der Waals surface area contributed by atoms with Crippen molar-refractivity contribution in [3.05, 3.63) is 29.3 Å². The monoisotopic (exact) mass is 321 g/mol. The van der Waals surface area contributed by atoms with Crippen LogP contribution in [0, 0.1) is 24.5 Å². The maximum Gasteiger partial charge on any atom is 0.322 e. The molecule has 2 N–H and O–H groups in total. The lowest BCUT2D eigenvalue weighted by Crippen LogP contribution is -2.45. The molecule has 118 valence electrons. The number of aliphatic carboxylic acids is 1. The fourth-order valence-corrected chi connectivity index (χ4v) is 3.15. The number of rotatable bonds is 6. The Labute approximate surface area is 122 Å². The minimum Gasteiger partial charge on any atom is -0.480 e. The molecule has 0 radical (unpaired) electrons. The fourth-order valence-electron chi connectivity index (χ4n) is 1.71. The summed E-state index contributed by atoms with van der Waals surface area (Å²) in [5.41, 5.74) is -0.0489. The number of carbonyl (C=O) groups is 1. The smallest absolute Gasteiger partial charge is 0.322 e. The molecule has 0 unspecified atom stereocenters. The van der Waals surface area contributed by atoms with E-state index in [4.69, 9.17) is 5.11 Å². The molecule has 1 aromatic carbocycles. The van der Waals surface area contributed by atoms with Crippen molar-refractivity contribution in [3.8, 4) is 0 Å². The molecule has 8 heteroatoms. The van der Waals surface area contributed by atoms with Gasteiger partial charge in [-0.15, -0.1) is 0 Å². The van der Waals surface area contributed by atoms with Crippen LogP contribution in [-0.2, 0) is 14.8 Å². The van der Waals surface area contributed by atoms with Gasteiger partial charge in [-0.25, -0.2) is 17.2 Å². The van der Waals surface area contributed by atoms with Crippen LogP contribution in [-0.4, -0.2) is 25.5 Å². The molecular weight excluding hydrogens is 304 g/mol. The quantitative estimate of drug-likeness (QED) is 0.840. The van der Waals surface area contributed by atoms with Gasteiger partial charge in [0, 0.05) is 6.07 Å². The third-order valence-electron chi connectivity index (χ3n) is 3.26. The summed E-state index contributed by atoms with van der Waals surface area (Å²) in [6.07, 6.45) is 0.421. The maximum absolute atomic E-state index is 13.7. The molecular formula is C13H17F2NO4S. The van der Waals surface area contributed by atoms with E-state index in [-0.39, 0.29) is 5.56 Å². The molecule has 0 aromatic heterocycles. The Kier molecular flexibility index (Phi) is 5.41. The van der Waals surface area contributed by atoms with E-state index in [0.29, 0.717) is 12.5 Å². The molecule has 2 atom stereocenters. The van der Waals surface area contributed by atoms with Gasteiger partial charge in [0.25, 0.3) is 0 Å². The number of aryl methyl sites for hydroxylation is 1. The van der Waals surface area contributed by atoms with Gasteiger partial charge in [-0.3, -0.25) is 4.79 Å². The summed E-state index contributed by atoms with van der Waals surface area (Å²) in [7, 11) is -4.40. The molecule has 0 aliphatic heterocycles. The predicted octanol–water partition coefficient (Wildman–Crippen LogP) is 2.05. The highest BCUT2D eigenvalue weighted by Gasteiger charge is 2.31. The zero-order valence-corrected chi connectivity index (χ0v) is 12.7. The third kappa shape index (κ3) is 3.98. The van der Waals surface area contributed by atoms with E-state index >= 15 is 0 Å². The summed E-state index contributed by atoms with van der Waals surface area (Å²) in [6, 6.07) is -0.0874. The number of hydrogen-bond acceptors (Lipinski definition) is 3. The topological polar surface area (TPSA) is 83.5 Å². The number of nitrogens with one attached hydrogen (secondary N) is 1. The number of hydrogen-bond donors (Lipinski definition) is 2. The van der Waals surface area contributed by atoms with E-state index in [2.05, 4.69) is 0 Å². The van der Waals surface area contributed by atoms with Gasteiger partial charge in [0.1, 0.15) is 22.6 Å². The van der Waals surface area contributed by atoms with Crippen LogP contribution in [0.4, 0.5) is 8.78 Å². The second-order valence-electron chi connectivity index (χ2n) is 4.85.